The Balaban J connectivity index is 1.49. The van der Waals surface area contributed by atoms with Crippen LogP contribution >= 0.6 is 0 Å². The number of nitrogens with one attached hydrogen (secondary N) is 1. The molecule has 1 fully saturated rings. The van der Waals surface area contributed by atoms with Gasteiger partial charge < -0.3 is 14.6 Å². The van der Waals surface area contributed by atoms with Crippen molar-refractivity contribution in [2.24, 2.45) is 13.0 Å². The summed E-state index contributed by atoms with van der Waals surface area (Å²) in [4.78, 5) is 21.8. The maximum Gasteiger partial charge on any atom is 0.244 e. The second-order valence-electron chi connectivity index (χ2n) is 7.95. The highest BCUT2D eigenvalue weighted by Crippen LogP contribution is 2.30. The molecule has 174 valence electrons. The molecule has 1 saturated heterocycles. The van der Waals surface area contributed by atoms with Gasteiger partial charge in [0.2, 0.25) is 15.9 Å². The molecule has 0 saturated carbocycles. The van der Waals surface area contributed by atoms with Crippen molar-refractivity contribution in [3.63, 3.8) is 0 Å². The molecule has 1 aromatic carbocycles. The van der Waals surface area contributed by atoms with E-state index < -0.39 is 16.1 Å². The van der Waals surface area contributed by atoms with E-state index in [4.69, 9.17) is 4.74 Å². The summed E-state index contributed by atoms with van der Waals surface area (Å²) < 4.78 is 34.5. The number of para-hydroxylation sites is 1. The minimum atomic E-state index is -3.62. The summed E-state index contributed by atoms with van der Waals surface area (Å²) in [5.41, 5.74) is 0.805. The smallest absolute Gasteiger partial charge is 0.244 e. The van der Waals surface area contributed by atoms with Crippen molar-refractivity contribution in [2.45, 2.75) is 23.8 Å². The third kappa shape index (κ3) is 4.76. The van der Waals surface area contributed by atoms with Gasteiger partial charge in [-0.1, -0.05) is 18.2 Å². The summed E-state index contributed by atoms with van der Waals surface area (Å²) in [5.74, 6) is 0.905. The Bertz CT molecular complexity index is 1200. The van der Waals surface area contributed by atoms with Crippen molar-refractivity contribution in [2.75, 3.05) is 20.2 Å². The van der Waals surface area contributed by atoms with Crippen LogP contribution in [0.3, 0.4) is 0 Å². The number of imidazole rings is 1. The number of hydrogen-bond acceptors (Lipinski definition) is 6. The van der Waals surface area contributed by atoms with Crippen molar-refractivity contribution in [3.05, 3.63) is 72.6 Å². The molecular weight excluding hydrogens is 442 g/mol. The monoisotopic (exact) mass is 469 g/mol. The zero-order valence-electron chi connectivity index (χ0n) is 18.6. The van der Waals surface area contributed by atoms with Gasteiger partial charge in [0.05, 0.1) is 7.11 Å². The molecule has 4 rings (SSSR count). The van der Waals surface area contributed by atoms with Crippen LogP contribution in [-0.2, 0) is 21.9 Å². The number of amides is 1. The van der Waals surface area contributed by atoms with Crippen LogP contribution in [0.15, 0.2) is 66.1 Å². The lowest BCUT2D eigenvalue weighted by Crippen LogP contribution is -2.44. The number of rotatable bonds is 7. The van der Waals surface area contributed by atoms with Crippen LogP contribution in [0.2, 0.25) is 0 Å². The van der Waals surface area contributed by atoms with Crippen molar-refractivity contribution in [3.8, 4) is 5.75 Å². The van der Waals surface area contributed by atoms with Crippen molar-refractivity contribution in [1.82, 2.24) is 24.2 Å². The van der Waals surface area contributed by atoms with E-state index in [1.807, 2.05) is 42.1 Å². The molecule has 1 amide bonds. The zero-order chi connectivity index (χ0) is 23.4. The van der Waals surface area contributed by atoms with Crippen molar-refractivity contribution in [1.29, 1.82) is 0 Å². The Kier molecular flexibility index (Phi) is 6.75. The summed E-state index contributed by atoms with van der Waals surface area (Å²) in [7, 11) is -0.153. The molecule has 3 aromatic rings. The lowest BCUT2D eigenvalue weighted by molar-refractivity contribution is -0.126. The molecule has 10 heteroatoms. The first-order valence-corrected chi connectivity index (χ1v) is 12.2. The molecule has 2 aromatic heterocycles. The Morgan fingerprint density at radius 1 is 1.15 bits per heavy atom. The van der Waals surface area contributed by atoms with E-state index in [9.17, 15) is 13.2 Å². The van der Waals surface area contributed by atoms with E-state index >= 15 is 0 Å². The number of ether oxygens (including phenoxy) is 1. The number of hydrogen-bond donors (Lipinski definition) is 1. The number of aryl methyl sites for hydroxylation is 1. The molecule has 0 radical (unpaired) electrons. The number of methoxy groups -OCH3 is 1. The van der Waals surface area contributed by atoms with Crippen LogP contribution < -0.4 is 10.1 Å². The fourth-order valence-electron chi connectivity index (χ4n) is 4.11. The Morgan fingerprint density at radius 3 is 2.55 bits per heavy atom. The molecule has 9 nitrogen and oxygen atoms in total. The number of benzene rings is 1. The molecule has 1 aliphatic rings. The number of carbonyl (C=O) groups is 1. The minimum absolute atomic E-state index is 0.132. The molecule has 0 aliphatic carbocycles. The van der Waals surface area contributed by atoms with Crippen LogP contribution in [0, 0.1) is 5.92 Å². The molecule has 1 aliphatic heterocycles. The first-order chi connectivity index (χ1) is 15.9. The van der Waals surface area contributed by atoms with Gasteiger partial charge in [0.15, 0.2) is 0 Å². The maximum absolute atomic E-state index is 13.2. The second kappa shape index (κ2) is 9.72. The number of nitrogens with zero attached hydrogens (tertiary/aromatic N) is 4. The molecule has 0 bridgehead atoms. The van der Waals surface area contributed by atoms with Crippen molar-refractivity contribution >= 4 is 15.9 Å². The van der Waals surface area contributed by atoms with Gasteiger partial charge in [-0.15, -0.1) is 0 Å². The van der Waals surface area contributed by atoms with Crippen LogP contribution in [0.5, 0.6) is 5.75 Å². The Labute approximate surface area is 193 Å². The van der Waals surface area contributed by atoms with Gasteiger partial charge in [-0.3, -0.25) is 9.78 Å². The highest BCUT2D eigenvalue weighted by atomic mass is 32.2. The van der Waals surface area contributed by atoms with Crippen LogP contribution in [0.25, 0.3) is 0 Å². The molecule has 1 N–H and O–H groups in total. The second-order valence-corrected chi connectivity index (χ2v) is 9.88. The quantitative estimate of drug-likeness (QED) is 0.568. The lowest BCUT2D eigenvalue weighted by atomic mass is 9.96. The predicted octanol–water partition coefficient (Wildman–Crippen LogP) is 2.13. The van der Waals surface area contributed by atoms with Crippen molar-refractivity contribution < 1.29 is 17.9 Å². The fourth-order valence-corrected chi connectivity index (χ4v) is 5.54. The number of piperidine rings is 1. The molecule has 3 heterocycles. The van der Waals surface area contributed by atoms with Crippen LogP contribution in [0.1, 0.15) is 30.3 Å². The third-order valence-corrected chi connectivity index (χ3v) is 7.83. The average molecular weight is 470 g/mol. The predicted molar refractivity (Wildman–Crippen MR) is 122 cm³/mol. The lowest BCUT2D eigenvalue weighted by Gasteiger charge is -2.31. The number of pyridine rings is 1. The first kappa shape index (κ1) is 22.9. The van der Waals surface area contributed by atoms with Gasteiger partial charge in [0.25, 0.3) is 0 Å². The maximum atomic E-state index is 13.2. The summed E-state index contributed by atoms with van der Waals surface area (Å²) in [6.45, 7) is 0.550. The molecule has 1 atom stereocenters. The number of sulfonamides is 1. The van der Waals surface area contributed by atoms with E-state index in [2.05, 4.69) is 15.3 Å². The number of carbonyl (C=O) groups excluding carboxylic acids is 1. The van der Waals surface area contributed by atoms with E-state index in [1.165, 1.54) is 22.8 Å². The van der Waals surface area contributed by atoms with Gasteiger partial charge >= 0.3 is 0 Å². The largest absolute Gasteiger partial charge is 0.496 e. The molecule has 1 unspecified atom stereocenters. The Hall–Kier alpha value is -3.24. The van der Waals surface area contributed by atoms with E-state index in [-0.39, 0.29) is 29.8 Å². The average Bonchev–Trinajstić information content (AvgIpc) is 3.28. The third-order valence-electron chi connectivity index (χ3n) is 5.95. The summed E-state index contributed by atoms with van der Waals surface area (Å²) in [6, 6.07) is 10.2. The van der Waals surface area contributed by atoms with E-state index in [1.54, 1.807) is 19.4 Å². The van der Waals surface area contributed by atoms with Gasteiger partial charge in [0, 0.05) is 56.4 Å². The molecule has 0 spiro atoms. The minimum Gasteiger partial charge on any atom is -0.496 e. The topological polar surface area (TPSA) is 106 Å². The zero-order valence-corrected chi connectivity index (χ0v) is 19.4. The van der Waals surface area contributed by atoms with Crippen LogP contribution in [0.4, 0.5) is 0 Å². The summed E-state index contributed by atoms with van der Waals surface area (Å²) in [5, 5.41) is 3.13. The standard InChI is InChI=1S/C23H27N5O4S/c1-27-15-12-25-22(27)21(19-7-3-4-8-20(19)32-2)26-23(29)17-9-13-28(14-10-17)33(30,31)18-6-5-11-24-16-18/h3-8,11-12,15-17,21H,9-10,13-14H2,1-2H3,(H,26,29). The molecule has 33 heavy (non-hydrogen) atoms. The van der Waals surface area contributed by atoms with Crippen LogP contribution in [-0.4, -0.2) is 53.4 Å². The summed E-state index contributed by atoms with van der Waals surface area (Å²) in [6.07, 6.45) is 7.26. The highest BCUT2D eigenvalue weighted by Gasteiger charge is 2.34. The summed E-state index contributed by atoms with van der Waals surface area (Å²) >= 11 is 0. The van der Waals surface area contributed by atoms with E-state index in [0.717, 1.165) is 5.56 Å². The first-order valence-electron chi connectivity index (χ1n) is 10.7. The Morgan fingerprint density at radius 2 is 1.91 bits per heavy atom. The number of aromatic nitrogens is 3. The molecular formula is C23H27N5O4S. The fraction of sp³-hybridized carbons (Fsp3) is 0.348. The van der Waals surface area contributed by atoms with Gasteiger partial charge in [-0.05, 0) is 31.0 Å². The normalized spacial score (nSPS) is 16.3. The van der Waals surface area contributed by atoms with Gasteiger partial charge in [-0.25, -0.2) is 13.4 Å². The highest BCUT2D eigenvalue weighted by molar-refractivity contribution is 7.89. The SMILES string of the molecule is COc1ccccc1C(NC(=O)C1CCN(S(=O)(=O)c2cccnc2)CC1)c1nccn1C. The van der Waals surface area contributed by atoms with E-state index in [0.29, 0.717) is 24.4 Å². The van der Waals surface area contributed by atoms with Gasteiger partial charge in [0.1, 0.15) is 22.5 Å². The van der Waals surface area contributed by atoms with Gasteiger partial charge in [-0.2, -0.15) is 4.31 Å².